The van der Waals surface area contributed by atoms with Gasteiger partial charge in [0.05, 0.1) is 16.3 Å². The van der Waals surface area contributed by atoms with Gasteiger partial charge < -0.3 is 10.2 Å². The number of rotatable bonds is 7. The number of sulfone groups is 1. The van der Waals surface area contributed by atoms with E-state index in [1.807, 2.05) is 6.07 Å². The van der Waals surface area contributed by atoms with Gasteiger partial charge in [-0.05, 0) is 50.4 Å². The van der Waals surface area contributed by atoms with E-state index < -0.39 is 9.84 Å². The van der Waals surface area contributed by atoms with E-state index in [1.54, 1.807) is 0 Å². The number of nitrogens with zero attached hydrogens (tertiary/aromatic N) is 2. The lowest BCUT2D eigenvalue weighted by molar-refractivity contribution is -0.120. The van der Waals surface area contributed by atoms with Gasteiger partial charge in [-0.1, -0.05) is 22.4 Å². The molecule has 0 spiro atoms. The minimum Gasteiger partial charge on any atom is -0.355 e. The monoisotopic (exact) mass is 499 g/mol. The van der Waals surface area contributed by atoms with Crippen LogP contribution in [0.3, 0.4) is 0 Å². The lowest BCUT2D eigenvalue weighted by atomic mass is 10.0. The normalized spacial score (nSPS) is 19.6. The van der Waals surface area contributed by atoms with Crippen molar-refractivity contribution in [1.29, 1.82) is 0 Å². The fourth-order valence-corrected chi connectivity index (χ4v) is 6.45. The molecule has 1 atom stereocenters. The van der Waals surface area contributed by atoms with Gasteiger partial charge in [-0.25, -0.2) is 8.42 Å². The third kappa shape index (κ3) is 5.42. The van der Waals surface area contributed by atoms with Crippen LogP contribution in [0.1, 0.15) is 45.1 Å². The van der Waals surface area contributed by atoms with Gasteiger partial charge in [0.2, 0.25) is 11.8 Å². The van der Waals surface area contributed by atoms with E-state index in [2.05, 4.69) is 33.1 Å². The average molecular weight is 500 g/mol. The van der Waals surface area contributed by atoms with Crippen LogP contribution in [0, 0.1) is 0 Å². The van der Waals surface area contributed by atoms with E-state index in [-0.39, 0.29) is 28.9 Å². The minimum atomic E-state index is -3.72. The Bertz CT molecular complexity index is 919. The second kappa shape index (κ2) is 9.78. The van der Waals surface area contributed by atoms with Crippen LogP contribution in [0.2, 0.25) is 0 Å². The Balaban J connectivity index is 1.60. The molecule has 1 fully saturated rings. The van der Waals surface area contributed by atoms with Crippen molar-refractivity contribution in [2.24, 2.45) is 0 Å². The predicted octanol–water partition coefficient (Wildman–Crippen LogP) is 2.51. The Morgan fingerprint density at radius 3 is 2.70 bits per heavy atom. The highest BCUT2D eigenvalue weighted by Gasteiger charge is 2.31. The zero-order chi connectivity index (χ0) is 21.9. The van der Waals surface area contributed by atoms with Gasteiger partial charge in [0.25, 0.3) is 0 Å². The molecule has 166 valence electrons. The van der Waals surface area contributed by atoms with Gasteiger partial charge in [0.15, 0.2) is 9.84 Å². The highest BCUT2D eigenvalue weighted by atomic mass is 79.9. The van der Waals surface area contributed by atoms with Crippen LogP contribution in [0.25, 0.3) is 0 Å². The number of piperidine rings is 1. The molecule has 0 radical (unpaired) electrons. The van der Waals surface area contributed by atoms with E-state index in [9.17, 15) is 18.0 Å². The maximum absolute atomic E-state index is 13.0. The van der Waals surface area contributed by atoms with Crippen LogP contribution in [0.4, 0.5) is 5.69 Å². The Morgan fingerprint density at radius 2 is 2.00 bits per heavy atom. The molecule has 1 saturated heterocycles. The maximum Gasteiger partial charge on any atom is 0.223 e. The summed E-state index contributed by atoms with van der Waals surface area (Å²) in [5, 5.41) is 2.85. The third-order valence-electron chi connectivity index (χ3n) is 5.97. The molecule has 0 aliphatic carbocycles. The molecule has 0 bridgehead atoms. The fourth-order valence-electron chi connectivity index (χ4n) is 4.28. The summed E-state index contributed by atoms with van der Waals surface area (Å²) in [6.45, 7) is 6.46. The minimum absolute atomic E-state index is 0.0980. The van der Waals surface area contributed by atoms with Crippen molar-refractivity contribution < 1.29 is 18.0 Å². The number of nitrogens with one attached hydrogen (secondary N) is 1. The van der Waals surface area contributed by atoms with Crippen molar-refractivity contribution in [3.05, 3.63) is 22.2 Å². The third-order valence-corrected chi connectivity index (χ3v) is 8.15. The molecule has 9 heteroatoms. The van der Waals surface area contributed by atoms with Crippen LogP contribution < -0.4 is 10.2 Å². The fraction of sp³-hybridized carbons (Fsp3) is 0.619. The summed E-state index contributed by atoms with van der Waals surface area (Å²) in [5.41, 5.74) is 1.29. The zero-order valence-corrected chi connectivity index (χ0v) is 20.0. The van der Waals surface area contributed by atoms with Crippen LogP contribution >= 0.6 is 15.9 Å². The smallest absolute Gasteiger partial charge is 0.223 e. The molecule has 30 heavy (non-hydrogen) atoms. The number of fused-ring (bicyclic) bond motifs is 1. The summed E-state index contributed by atoms with van der Waals surface area (Å²) in [4.78, 5) is 28.2. The van der Waals surface area contributed by atoms with Crippen molar-refractivity contribution >= 4 is 43.3 Å². The first kappa shape index (κ1) is 23.2. The van der Waals surface area contributed by atoms with Crippen LogP contribution in [0.5, 0.6) is 0 Å². The number of likely N-dealkylation sites (tertiary alicyclic amines) is 1. The van der Waals surface area contributed by atoms with E-state index in [0.717, 1.165) is 18.7 Å². The second-order valence-electron chi connectivity index (χ2n) is 8.13. The molecule has 1 N–H and O–H groups in total. The van der Waals surface area contributed by atoms with E-state index in [1.165, 1.54) is 37.2 Å². The number of carbonyl (C=O) groups is 2. The Kier molecular flexibility index (Phi) is 7.57. The van der Waals surface area contributed by atoms with Crippen LogP contribution in [-0.2, 0) is 25.8 Å². The zero-order valence-electron chi connectivity index (χ0n) is 17.6. The predicted molar refractivity (Wildman–Crippen MR) is 120 cm³/mol. The Morgan fingerprint density at radius 1 is 1.23 bits per heavy atom. The summed E-state index contributed by atoms with van der Waals surface area (Å²) < 4.78 is 26.7. The maximum atomic E-state index is 13.0. The molecule has 2 aliphatic rings. The summed E-state index contributed by atoms with van der Waals surface area (Å²) in [6, 6.07) is 3.91. The molecule has 1 unspecified atom stereocenters. The van der Waals surface area contributed by atoms with E-state index in [0.29, 0.717) is 35.7 Å². The van der Waals surface area contributed by atoms with Gasteiger partial charge in [0, 0.05) is 43.5 Å². The van der Waals surface area contributed by atoms with Crippen molar-refractivity contribution in [2.75, 3.05) is 36.8 Å². The molecule has 0 aromatic heterocycles. The second-order valence-corrected chi connectivity index (χ2v) is 11.1. The quantitative estimate of drug-likeness (QED) is 0.622. The van der Waals surface area contributed by atoms with Crippen molar-refractivity contribution in [3.63, 3.8) is 0 Å². The lowest BCUT2D eigenvalue weighted by Crippen LogP contribution is -2.42. The molecule has 2 amide bonds. The SMILES string of the molecule is CC(=O)N1CCc2cc(Br)cc(S(=O)(=O)CCC(=O)NCCN3CCCCC3C)c21. The first-order valence-corrected chi connectivity index (χ1v) is 13.0. The summed E-state index contributed by atoms with van der Waals surface area (Å²) in [7, 11) is -3.72. The van der Waals surface area contributed by atoms with Crippen LogP contribution in [0.15, 0.2) is 21.5 Å². The molecule has 0 saturated carbocycles. The van der Waals surface area contributed by atoms with E-state index in [4.69, 9.17) is 0 Å². The first-order chi connectivity index (χ1) is 14.2. The van der Waals surface area contributed by atoms with Gasteiger partial charge in [-0.3, -0.25) is 14.5 Å². The standard InChI is InChI=1S/C21H30BrN3O4S/c1-15-5-3-4-9-24(15)11-8-23-20(27)7-12-30(28,29)19-14-18(22)13-17-6-10-25(16(2)26)21(17)19/h13-15H,3-12H2,1-2H3,(H,23,27). The summed E-state index contributed by atoms with van der Waals surface area (Å²) in [5.74, 6) is -0.733. The van der Waals surface area contributed by atoms with Crippen molar-refractivity contribution in [3.8, 4) is 0 Å². The molecule has 2 aliphatic heterocycles. The number of hydrogen-bond donors (Lipinski definition) is 1. The molecule has 2 heterocycles. The van der Waals surface area contributed by atoms with Crippen molar-refractivity contribution in [2.45, 2.75) is 56.9 Å². The number of amides is 2. The number of carbonyl (C=O) groups excluding carboxylic acids is 2. The lowest BCUT2D eigenvalue weighted by Gasteiger charge is -2.33. The topological polar surface area (TPSA) is 86.8 Å². The first-order valence-electron chi connectivity index (χ1n) is 10.5. The Hall–Kier alpha value is -1.45. The number of hydrogen-bond acceptors (Lipinski definition) is 5. The summed E-state index contributed by atoms with van der Waals surface area (Å²) in [6.07, 6.45) is 4.14. The van der Waals surface area contributed by atoms with Gasteiger partial charge in [-0.2, -0.15) is 0 Å². The van der Waals surface area contributed by atoms with Gasteiger partial charge in [-0.15, -0.1) is 0 Å². The van der Waals surface area contributed by atoms with Gasteiger partial charge in [0.1, 0.15) is 0 Å². The highest BCUT2D eigenvalue weighted by molar-refractivity contribution is 9.10. The molecule has 1 aromatic rings. The Labute approximate surface area is 187 Å². The molecule has 3 rings (SSSR count). The van der Waals surface area contributed by atoms with Gasteiger partial charge >= 0.3 is 0 Å². The van der Waals surface area contributed by atoms with Crippen molar-refractivity contribution in [1.82, 2.24) is 10.2 Å². The molecule has 7 nitrogen and oxygen atoms in total. The largest absolute Gasteiger partial charge is 0.355 e. The highest BCUT2D eigenvalue weighted by Crippen LogP contribution is 2.38. The van der Waals surface area contributed by atoms with E-state index >= 15 is 0 Å². The molecular weight excluding hydrogens is 470 g/mol. The summed E-state index contributed by atoms with van der Waals surface area (Å²) >= 11 is 3.37. The average Bonchev–Trinajstić information content (AvgIpc) is 3.11. The molecular formula is C21H30BrN3O4S. The number of halogens is 1. The number of benzene rings is 1. The van der Waals surface area contributed by atoms with Crippen LogP contribution in [-0.4, -0.2) is 63.1 Å². The molecule has 1 aromatic carbocycles. The number of anilines is 1.